The number of rotatable bonds is 11. The predicted molar refractivity (Wildman–Crippen MR) is 83.9 cm³/mol. The zero-order valence-electron chi connectivity index (χ0n) is 12.0. The molecule has 0 spiro atoms. The van der Waals surface area contributed by atoms with Crippen molar-refractivity contribution in [1.82, 2.24) is 0 Å². The Morgan fingerprint density at radius 1 is 0.900 bits per heavy atom. The van der Waals surface area contributed by atoms with Crippen molar-refractivity contribution in [3.8, 4) is 0 Å². The zero-order chi connectivity index (χ0) is 15.4. The van der Waals surface area contributed by atoms with Crippen molar-refractivity contribution >= 4 is 35.5 Å². The minimum Gasteiger partial charge on any atom is -0.468 e. The predicted octanol–water partition coefficient (Wildman–Crippen LogP) is 0.234. The van der Waals surface area contributed by atoms with Crippen molar-refractivity contribution in [3.05, 3.63) is 0 Å². The van der Waals surface area contributed by atoms with E-state index in [4.69, 9.17) is 11.5 Å². The molecule has 0 fully saturated rings. The number of hydrogen-bond donors (Lipinski definition) is 2. The first-order valence-electron chi connectivity index (χ1n) is 6.35. The second kappa shape index (κ2) is 12.3. The fraction of sp³-hybridized carbons (Fsp3) is 0.833. The fourth-order valence-electron chi connectivity index (χ4n) is 1.27. The summed E-state index contributed by atoms with van der Waals surface area (Å²) in [4.78, 5) is 22.1. The van der Waals surface area contributed by atoms with Crippen LogP contribution in [-0.4, -0.2) is 61.3 Å². The molecule has 0 bridgehead atoms. The highest BCUT2D eigenvalue weighted by atomic mass is 32.2. The van der Waals surface area contributed by atoms with Crippen molar-refractivity contribution in [2.24, 2.45) is 11.5 Å². The highest BCUT2D eigenvalue weighted by molar-refractivity contribution is 7.99. The molecule has 20 heavy (non-hydrogen) atoms. The van der Waals surface area contributed by atoms with Crippen molar-refractivity contribution in [2.45, 2.75) is 24.9 Å². The Bertz CT molecular complexity index is 265. The maximum atomic E-state index is 11.0. The van der Waals surface area contributed by atoms with E-state index in [9.17, 15) is 9.59 Å². The van der Waals surface area contributed by atoms with Gasteiger partial charge in [-0.25, -0.2) is 0 Å². The molecular weight excluding hydrogens is 300 g/mol. The monoisotopic (exact) mass is 324 g/mol. The van der Waals surface area contributed by atoms with Gasteiger partial charge in [-0.15, -0.1) is 0 Å². The Balaban J connectivity index is 3.37. The quantitative estimate of drug-likeness (QED) is 0.411. The minimum absolute atomic E-state index is 0.371. The summed E-state index contributed by atoms with van der Waals surface area (Å²) in [5, 5.41) is 0. The lowest BCUT2D eigenvalue weighted by Gasteiger charge is -2.09. The van der Waals surface area contributed by atoms with E-state index in [2.05, 4.69) is 9.47 Å². The normalized spacial score (nSPS) is 13.6. The molecule has 0 heterocycles. The van der Waals surface area contributed by atoms with E-state index in [1.54, 1.807) is 23.5 Å². The lowest BCUT2D eigenvalue weighted by atomic mass is 10.4. The maximum absolute atomic E-state index is 11.0. The molecule has 2 atom stereocenters. The molecule has 0 aliphatic rings. The number of carbonyl (C=O) groups excluding carboxylic acids is 2. The maximum Gasteiger partial charge on any atom is 0.323 e. The molecule has 0 aromatic carbocycles. The Kier molecular flexibility index (Phi) is 12.0. The third-order valence-electron chi connectivity index (χ3n) is 2.43. The van der Waals surface area contributed by atoms with Gasteiger partial charge >= 0.3 is 11.9 Å². The molecule has 8 heteroatoms. The topological polar surface area (TPSA) is 105 Å². The molecular formula is C12H24N2O4S2. The Morgan fingerprint density at radius 2 is 1.25 bits per heavy atom. The van der Waals surface area contributed by atoms with Crippen LogP contribution in [0.5, 0.6) is 0 Å². The summed E-state index contributed by atoms with van der Waals surface area (Å²) in [5.41, 5.74) is 11.2. The van der Waals surface area contributed by atoms with Gasteiger partial charge in [-0.3, -0.25) is 9.59 Å². The number of nitrogens with two attached hydrogens (primary N) is 2. The molecule has 4 N–H and O–H groups in total. The van der Waals surface area contributed by atoms with E-state index in [1.807, 2.05) is 0 Å². The second-order valence-electron chi connectivity index (χ2n) is 4.12. The Labute approximate surface area is 128 Å². The molecule has 0 aromatic heterocycles. The fourth-order valence-corrected chi connectivity index (χ4v) is 3.20. The summed E-state index contributed by atoms with van der Waals surface area (Å²) in [6, 6.07) is -1.09. The van der Waals surface area contributed by atoms with Crippen molar-refractivity contribution in [2.75, 3.05) is 37.2 Å². The summed E-state index contributed by atoms with van der Waals surface area (Å²) < 4.78 is 9.09. The molecule has 0 unspecified atom stereocenters. The first-order chi connectivity index (χ1) is 9.52. The molecule has 0 saturated carbocycles. The average Bonchev–Trinajstić information content (AvgIpc) is 2.47. The van der Waals surface area contributed by atoms with Gasteiger partial charge in [0.2, 0.25) is 0 Å². The van der Waals surface area contributed by atoms with Crippen LogP contribution in [-0.2, 0) is 19.1 Å². The lowest BCUT2D eigenvalue weighted by Crippen LogP contribution is -2.34. The number of methoxy groups -OCH3 is 2. The number of carbonyl (C=O) groups is 2. The molecule has 0 aliphatic carbocycles. The summed E-state index contributed by atoms with van der Waals surface area (Å²) in [5.74, 6) is 2.32. The number of ether oxygens (including phenoxy) is 2. The second-order valence-corrected chi connectivity index (χ2v) is 6.42. The van der Waals surface area contributed by atoms with Crippen LogP contribution in [0, 0.1) is 0 Å². The summed E-state index contributed by atoms with van der Waals surface area (Å²) >= 11 is 3.29. The van der Waals surface area contributed by atoms with E-state index < -0.39 is 12.1 Å². The van der Waals surface area contributed by atoms with Gasteiger partial charge < -0.3 is 20.9 Å². The summed E-state index contributed by atoms with van der Waals surface area (Å²) in [6.45, 7) is 0. The van der Waals surface area contributed by atoms with Crippen molar-refractivity contribution in [3.63, 3.8) is 0 Å². The van der Waals surface area contributed by atoms with Crippen LogP contribution in [0.4, 0.5) is 0 Å². The van der Waals surface area contributed by atoms with Crippen LogP contribution in [0.15, 0.2) is 0 Å². The number of unbranched alkanes of at least 4 members (excludes halogenated alkanes) is 1. The standard InChI is InChI=1S/C12H24N2O4S2/c1-17-11(15)9(13)7-19-5-3-4-6-20-8-10(14)12(16)18-2/h9-10H,3-8,13-14H2,1-2H3/t9-,10-/m0/s1. The zero-order valence-corrected chi connectivity index (χ0v) is 13.6. The highest BCUT2D eigenvalue weighted by Gasteiger charge is 2.13. The summed E-state index contributed by atoms with van der Waals surface area (Å²) in [7, 11) is 2.67. The van der Waals surface area contributed by atoms with Gasteiger partial charge in [-0.2, -0.15) is 23.5 Å². The molecule has 6 nitrogen and oxygen atoms in total. The molecule has 0 aliphatic heterocycles. The van der Waals surface area contributed by atoms with Crippen LogP contribution in [0.25, 0.3) is 0 Å². The Hall–Kier alpha value is -0.440. The average molecular weight is 324 g/mol. The van der Waals surface area contributed by atoms with Gasteiger partial charge in [0.25, 0.3) is 0 Å². The van der Waals surface area contributed by atoms with E-state index in [-0.39, 0.29) is 11.9 Å². The molecule has 118 valence electrons. The number of hydrogen-bond acceptors (Lipinski definition) is 8. The van der Waals surface area contributed by atoms with Crippen LogP contribution in [0.1, 0.15) is 12.8 Å². The van der Waals surface area contributed by atoms with E-state index in [0.717, 1.165) is 24.3 Å². The highest BCUT2D eigenvalue weighted by Crippen LogP contribution is 2.11. The molecule has 0 aromatic rings. The van der Waals surface area contributed by atoms with E-state index >= 15 is 0 Å². The van der Waals surface area contributed by atoms with E-state index in [0.29, 0.717) is 11.5 Å². The first-order valence-corrected chi connectivity index (χ1v) is 8.66. The summed E-state index contributed by atoms with van der Waals surface area (Å²) in [6.07, 6.45) is 2.08. The van der Waals surface area contributed by atoms with Crippen molar-refractivity contribution in [1.29, 1.82) is 0 Å². The number of esters is 2. The lowest BCUT2D eigenvalue weighted by molar-refractivity contribution is -0.142. The largest absolute Gasteiger partial charge is 0.468 e. The van der Waals surface area contributed by atoms with Gasteiger partial charge in [0, 0.05) is 11.5 Å². The molecule has 0 radical (unpaired) electrons. The molecule has 0 amide bonds. The third kappa shape index (κ3) is 9.46. The van der Waals surface area contributed by atoms with Gasteiger partial charge in [0.05, 0.1) is 14.2 Å². The molecule has 0 rings (SSSR count). The van der Waals surface area contributed by atoms with Gasteiger partial charge in [-0.05, 0) is 24.3 Å². The Morgan fingerprint density at radius 3 is 1.55 bits per heavy atom. The molecule has 0 saturated heterocycles. The van der Waals surface area contributed by atoms with Crippen LogP contribution in [0.3, 0.4) is 0 Å². The number of thioether (sulfide) groups is 2. The van der Waals surface area contributed by atoms with Crippen LogP contribution in [0.2, 0.25) is 0 Å². The van der Waals surface area contributed by atoms with Crippen LogP contribution >= 0.6 is 23.5 Å². The smallest absolute Gasteiger partial charge is 0.323 e. The van der Waals surface area contributed by atoms with Crippen molar-refractivity contribution < 1.29 is 19.1 Å². The first kappa shape index (κ1) is 19.6. The minimum atomic E-state index is -0.544. The van der Waals surface area contributed by atoms with Gasteiger partial charge in [0.15, 0.2) is 0 Å². The van der Waals surface area contributed by atoms with E-state index in [1.165, 1.54) is 14.2 Å². The third-order valence-corrected chi connectivity index (χ3v) is 4.77. The van der Waals surface area contributed by atoms with Gasteiger partial charge in [-0.1, -0.05) is 0 Å². The van der Waals surface area contributed by atoms with Crippen LogP contribution < -0.4 is 11.5 Å². The SMILES string of the molecule is COC(=O)[C@@H](N)CSCCCCSC[C@H](N)C(=O)OC. The van der Waals surface area contributed by atoms with Gasteiger partial charge in [0.1, 0.15) is 12.1 Å².